The van der Waals surface area contributed by atoms with Crippen molar-refractivity contribution < 1.29 is 9.47 Å². The fourth-order valence-corrected chi connectivity index (χ4v) is 3.41. The van der Waals surface area contributed by atoms with Crippen LogP contribution in [0.15, 0.2) is 97.1 Å². The monoisotopic (exact) mass is 394 g/mol. The number of benzene rings is 4. The van der Waals surface area contributed by atoms with Crippen molar-refractivity contribution in [2.75, 3.05) is 7.11 Å². The van der Waals surface area contributed by atoms with Gasteiger partial charge in [-0.05, 0) is 78.4 Å². The summed E-state index contributed by atoms with van der Waals surface area (Å²) in [4.78, 5) is 0. The fourth-order valence-electron chi connectivity index (χ4n) is 3.41. The Morgan fingerprint density at radius 3 is 1.17 bits per heavy atom. The highest BCUT2D eigenvalue weighted by atomic mass is 16.5. The average Bonchev–Trinajstić information content (AvgIpc) is 2.78. The molecule has 0 aliphatic rings. The SMILES string of the molecule is COc1ccc(Cc2ccc(Oc3ccc(Cc4ccc(C)cc4)cc3)cc2)cc1. The van der Waals surface area contributed by atoms with E-state index in [0.29, 0.717) is 0 Å². The molecular formula is C28H26O2. The van der Waals surface area contributed by atoms with Crippen molar-refractivity contribution in [3.63, 3.8) is 0 Å². The first kappa shape index (κ1) is 19.8. The molecule has 0 N–H and O–H groups in total. The van der Waals surface area contributed by atoms with Crippen LogP contribution >= 0.6 is 0 Å². The molecule has 0 amide bonds. The molecule has 0 radical (unpaired) electrons. The molecule has 0 bridgehead atoms. The lowest BCUT2D eigenvalue weighted by Gasteiger charge is -2.09. The number of aryl methyl sites for hydroxylation is 1. The van der Waals surface area contributed by atoms with Gasteiger partial charge in [-0.2, -0.15) is 0 Å². The first-order valence-corrected chi connectivity index (χ1v) is 10.2. The second kappa shape index (κ2) is 9.32. The van der Waals surface area contributed by atoms with Crippen LogP contribution in [0.4, 0.5) is 0 Å². The van der Waals surface area contributed by atoms with Crippen LogP contribution in [0.3, 0.4) is 0 Å². The summed E-state index contributed by atoms with van der Waals surface area (Å²) in [6.45, 7) is 2.11. The van der Waals surface area contributed by atoms with Crippen molar-refractivity contribution in [2.24, 2.45) is 0 Å². The average molecular weight is 395 g/mol. The third kappa shape index (κ3) is 5.30. The number of hydrogen-bond donors (Lipinski definition) is 0. The maximum atomic E-state index is 6.02. The van der Waals surface area contributed by atoms with Gasteiger partial charge < -0.3 is 9.47 Å². The van der Waals surface area contributed by atoms with Gasteiger partial charge in [0.15, 0.2) is 0 Å². The second-order valence-corrected chi connectivity index (χ2v) is 7.58. The smallest absolute Gasteiger partial charge is 0.127 e. The summed E-state index contributed by atoms with van der Waals surface area (Å²) in [6, 6.07) is 33.5. The Kier molecular flexibility index (Phi) is 6.14. The number of ether oxygens (including phenoxy) is 2. The van der Waals surface area contributed by atoms with Crippen LogP contribution in [0.5, 0.6) is 17.2 Å². The van der Waals surface area contributed by atoms with E-state index < -0.39 is 0 Å². The summed E-state index contributed by atoms with van der Waals surface area (Å²) in [5.74, 6) is 2.58. The van der Waals surface area contributed by atoms with Crippen LogP contribution in [0, 0.1) is 6.92 Å². The van der Waals surface area contributed by atoms with Gasteiger partial charge in [-0.3, -0.25) is 0 Å². The minimum atomic E-state index is 0.847. The molecule has 0 saturated carbocycles. The molecule has 30 heavy (non-hydrogen) atoms. The summed E-state index contributed by atoms with van der Waals surface area (Å²) in [5.41, 5.74) is 6.40. The van der Waals surface area contributed by atoms with Gasteiger partial charge in [0.05, 0.1) is 7.11 Å². The van der Waals surface area contributed by atoms with E-state index in [2.05, 4.69) is 67.6 Å². The molecule has 0 spiro atoms. The largest absolute Gasteiger partial charge is 0.497 e. The van der Waals surface area contributed by atoms with Crippen LogP contribution in [0.25, 0.3) is 0 Å². The Labute approximate surface area is 178 Å². The maximum absolute atomic E-state index is 6.02. The molecule has 4 aromatic rings. The van der Waals surface area contributed by atoms with Crippen molar-refractivity contribution in [3.8, 4) is 17.2 Å². The zero-order chi connectivity index (χ0) is 20.8. The zero-order valence-corrected chi connectivity index (χ0v) is 17.5. The molecule has 4 rings (SSSR count). The van der Waals surface area contributed by atoms with Gasteiger partial charge in [0, 0.05) is 0 Å². The maximum Gasteiger partial charge on any atom is 0.127 e. The Balaban J connectivity index is 1.35. The van der Waals surface area contributed by atoms with Gasteiger partial charge in [-0.15, -0.1) is 0 Å². The molecule has 2 heteroatoms. The van der Waals surface area contributed by atoms with Crippen molar-refractivity contribution in [1.29, 1.82) is 0 Å². The van der Waals surface area contributed by atoms with E-state index in [-0.39, 0.29) is 0 Å². The number of rotatable bonds is 7. The topological polar surface area (TPSA) is 18.5 Å². The van der Waals surface area contributed by atoms with Crippen molar-refractivity contribution in [1.82, 2.24) is 0 Å². The zero-order valence-electron chi connectivity index (χ0n) is 17.5. The van der Waals surface area contributed by atoms with Crippen LogP contribution in [-0.2, 0) is 12.8 Å². The summed E-state index contributed by atoms with van der Waals surface area (Å²) in [6.07, 6.45) is 1.82. The van der Waals surface area contributed by atoms with Crippen molar-refractivity contribution in [3.05, 3.63) is 125 Å². The molecule has 0 atom stereocenters. The highest BCUT2D eigenvalue weighted by Crippen LogP contribution is 2.24. The van der Waals surface area contributed by atoms with Gasteiger partial charge in [0.1, 0.15) is 17.2 Å². The van der Waals surface area contributed by atoms with Crippen LogP contribution in [-0.4, -0.2) is 7.11 Å². The standard InChI is InChI=1S/C28H26O2/c1-21-3-5-22(6-4-21)19-24-9-15-27(16-10-24)30-28-17-11-25(12-18-28)20-23-7-13-26(29-2)14-8-23/h3-18H,19-20H2,1-2H3. The lowest BCUT2D eigenvalue weighted by molar-refractivity contribution is 0.414. The minimum absolute atomic E-state index is 0.847. The molecule has 0 aromatic heterocycles. The van der Waals surface area contributed by atoms with Gasteiger partial charge in [-0.25, -0.2) is 0 Å². The third-order valence-corrected chi connectivity index (χ3v) is 5.18. The molecular weight excluding hydrogens is 368 g/mol. The summed E-state index contributed by atoms with van der Waals surface area (Å²) in [7, 11) is 1.69. The van der Waals surface area contributed by atoms with Gasteiger partial charge >= 0.3 is 0 Å². The van der Waals surface area contributed by atoms with Crippen LogP contribution in [0.1, 0.15) is 27.8 Å². The van der Waals surface area contributed by atoms with E-state index in [1.165, 1.54) is 27.8 Å². The lowest BCUT2D eigenvalue weighted by atomic mass is 10.0. The van der Waals surface area contributed by atoms with E-state index in [0.717, 1.165) is 30.1 Å². The Morgan fingerprint density at radius 1 is 0.467 bits per heavy atom. The Hall–Kier alpha value is -3.52. The summed E-state index contributed by atoms with van der Waals surface area (Å²) < 4.78 is 11.2. The van der Waals surface area contributed by atoms with E-state index in [1.807, 2.05) is 36.4 Å². The van der Waals surface area contributed by atoms with Gasteiger partial charge in [0.2, 0.25) is 0 Å². The molecule has 4 aromatic carbocycles. The third-order valence-electron chi connectivity index (χ3n) is 5.18. The highest BCUT2D eigenvalue weighted by molar-refractivity contribution is 5.38. The second-order valence-electron chi connectivity index (χ2n) is 7.58. The van der Waals surface area contributed by atoms with Crippen LogP contribution < -0.4 is 9.47 Å². The van der Waals surface area contributed by atoms with E-state index in [1.54, 1.807) is 7.11 Å². The van der Waals surface area contributed by atoms with Crippen molar-refractivity contribution in [2.45, 2.75) is 19.8 Å². The molecule has 0 unspecified atom stereocenters. The normalized spacial score (nSPS) is 10.6. The number of methoxy groups -OCH3 is 1. The molecule has 0 aliphatic carbocycles. The highest BCUT2D eigenvalue weighted by Gasteiger charge is 2.02. The Morgan fingerprint density at radius 2 is 0.800 bits per heavy atom. The van der Waals surface area contributed by atoms with Crippen molar-refractivity contribution >= 4 is 0 Å². The lowest BCUT2D eigenvalue weighted by Crippen LogP contribution is -1.91. The molecule has 2 nitrogen and oxygen atoms in total. The summed E-state index contributed by atoms with van der Waals surface area (Å²) >= 11 is 0. The van der Waals surface area contributed by atoms with E-state index >= 15 is 0 Å². The minimum Gasteiger partial charge on any atom is -0.497 e. The molecule has 0 fully saturated rings. The first-order chi connectivity index (χ1) is 14.7. The predicted molar refractivity (Wildman–Crippen MR) is 123 cm³/mol. The van der Waals surface area contributed by atoms with E-state index in [4.69, 9.17) is 9.47 Å². The molecule has 0 saturated heterocycles. The van der Waals surface area contributed by atoms with Crippen LogP contribution in [0.2, 0.25) is 0 Å². The number of hydrogen-bond acceptors (Lipinski definition) is 2. The fraction of sp³-hybridized carbons (Fsp3) is 0.143. The molecule has 0 heterocycles. The summed E-state index contributed by atoms with van der Waals surface area (Å²) in [5, 5.41) is 0. The first-order valence-electron chi connectivity index (χ1n) is 10.2. The molecule has 0 aliphatic heterocycles. The quantitative estimate of drug-likeness (QED) is 0.337. The predicted octanol–water partition coefficient (Wildman–Crippen LogP) is 6.98. The van der Waals surface area contributed by atoms with Gasteiger partial charge in [-0.1, -0.05) is 66.2 Å². The van der Waals surface area contributed by atoms with Gasteiger partial charge in [0.25, 0.3) is 0 Å². The Bertz CT molecular complexity index is 1060. The van der Waals surface area contributed by atoms with E-state index in [9.17, 15) is 0 Å². The molecule has 150 valence electrons.